The third-order valence-electron chi connectivity index (χ3n) is 2.58. The summed E-state index contributed by atoms with van der Waals surface area (Å²) in [4.78, 5) is 0. The van der Waals surface area contributed by atoms with E-state index in [0.717, 1.165) is 0 Å². The highest BCUT2D eigenvalue weighted by molar-refractivity contribution is 9.10. The van der Waals surface area contributed by atoms with Crippen molar-refractivity contribution in [2.24, 2.45) is 0 Å². The molecule has 1 atom stereocenters. The SMILES string of the molecule is CNC(COCC(F)(F)C(F)F)c1cc(Br)ccc1F. The number of hydrogen-bond donors (Lipinski definition) is 1. The van der Waals surface area contributed by atoms with Gasteiger partial charge in [-0.3, -0.25) is 0 Å². The minimum atomic E-state index is -4.21. The molecule has 0 aliphatic heterocycles. The molecule has 0 bridgehead atoms. The van der Waals surface area contributed by atoms with Gasteiger partial charge in [-0.15, -0.1) is 0 Å². The zero-order valence-electron chi connectivity index (χ0n) is 10.5. The monoisotopic (exact) mass is 361 g/mol. The smallest absolute Gasteiger partial charge is 0.330 e. The second-order valence-electron chi connectivity index (χ2n) is 4.08. The van der Waals surface area contributed by atoms with Crippen molar-refractivity contribution in [3.63, 3.8) is 0 Å². The lowest BCUT2D eigenvalue weighted by Crippen LogP contribution is -2.34. The highest BCUT2D eigenvalue weighted by Gasteiger charge is 2.41. The molecule has 1 rings (SSSR count). The Bertz CT molecular complexity index is 444. The van der Waals surface area contributed by atoms with Crippen LogP contribution in [0.3, 0.4) is 0 Å². The number of benzene rings is 1. The summed E-state index contributed by atoms with van der Waals surface area (Å²) in [7, 11) is 1.49. The van der Waals surface area contributed by atoms with Gasteiger partial charge in [0, 0.05) is 10.0 Å². The molecule has 1 N–H and O–H groups in total. The molecule has 0 aliphatic rings. The van der Waals surface area contributed by atoms with Crippen molar-refractivity contribution < 1.29 is 26.7 Å². The molecule has 0 aliphatic carbocycles. The lowest BCUT2D eigenvalue weighted by molar-refractivity contribution is -0.167. The first kappa shape index (κ1) is 17.3. The largest absolute Gasteiger partial charge is 0.373 e. The summed E-state index contributed by atoms with van der Waals surface area (Å²) in [5.41, 5.74) is 0.197. The molecule has 8 heteroatoms. The predicted molar refractivity (Wildman–Crippen MR) is 67.7 cm³/mol. The molecular formula is C12H13BrF5NO. The number of hydrogen-bond acceptors (Lipinski definition) is 2. The molecular weight excluding hydrogens is 349 g/mol. The molecule has 1 aromatic carbocycles. The van der Waals surface area contributed by atoms with Gasteiger partial charge in [0.1, 0.15) is 12.4 Å². The molecule has 0 aromatic heterocycles. The summed E-state index contributed by atoms with van der Waals surface area (Å²) < 4.78 is 68.0. The number of rotatable bonds is 7. The van der Waals surface area contributed by atoms with Gasteiger partial charge in [0.05, 0.1) is 12.6 Å². The first-order chi connectivity index (χ1) is 9.27. The predicted octanol–water partition coefficient (Wildman–Crippen LogP) is 3.77. The molecule has 20 heavy (non-hydrogen) atoms. The Morgan fingerprint density at radius 2 is 2.00 bits per heavy atom. The second-order valence-corrected chi connectivity index (χ2v) is 5.00. The van der Waals surface area contributed by atoms with E-state index in [1.807, 2.05) is 0 Å². The average molecular weight is 362 g/mol. The third kappa shape index (κ3) is 4.68. The van der Waals surface area contributed by atoms with Gasteiger partial charge in [-0.25, -0.2) is 13.2 Å². The molecule has 1 aromatic rings. The van der Waals surface area contributed by atoms with Gasteiger partial charge in [-0.2, -0.15) is 8.78 Å². The lowest BCUT2D eigenvalue weighted by atomic mass is 10.1. The van der Waals surface area contributed by atoms with Crippen molar-refractivity contribution in [1.82, 2.24) is 5.32 Å². The first-order valence-corrected chi connectivity index (χ1v) is 6.43. The summed E-state index contributed by atoms with van der Waals surface area (Å²) in [6.45, 7) is -1.77. The molecule has 0 amide bonds. The van der Waals surface area contributed by atoms with Crippen LogP contribution in [0.15, 0.2) is 22.7 Å². The average Bonchev–Trinajstić information content (AvgIpc) is 2.37. The molecule has 0 spiro atoms. The Labute approximate surface area is 121 Å². The minimum absolute atomic E-state index is 0.197. The molecule has 0 saturated carbocycles. The van der Waals surface area contributed by atoms with E-state index in [-0.39, 0.29) is 12.2 Å². The Morgan fingerprint density at radius 1 is 1.35 bits per heavy atom. The number of nitrogens with one attached hydrogen (secondary N) is 1. The van der Waals surface area contributed by atoms with Crippen LogP contribution < -0.4 is 5.32 Å². The van der Waals surface area contributed by atoms with Crippen LogP contribution in [0.2, 0.25) is 0 Å². The van der Waals surface area contributed by atoms with Crippen molar-refractivity contribution >= 4 is 15.9 Å². The Morgan fingerprint density at radius 3 is 2.55 bits per heavy atom. The lowest BCUT2D eigenvalue weighted by Gasteiger charge is -2.20. The van der Waals surface area contributed by atoms with Crippen LogP contribution in [0.4, 0.5) is 22.0 Å². The normalized spacial score (nSPS) is 13.8. The van der Waals surface area contributed by atoms with Gasteiger partial charge in [0.15, 0.2) is 0 Å². The van der Waals surface area contributed by atoms with Crippen molar-refractivity contribution in [3.05, 3.63) is 34.1 Å². The molecule has 0 saturated heterocycles. The van der Waals surface area contributed by atoms with Crippen molar-refractivity contribution in [2.45, 2.75) is 18.4 Å². The Balaban J connectivity index is 2.67. The van der Waals surface area contributed by atoms with Gasteiger partial charge >= 0.3 is 12.3 Å². The van der Waals surface area contributed by atoms with Crippen LogP contribution >= 0.6 is 15.9 Å². The number of alkyl halides is 4. The summed E-state index contributed by atoms with van der Waals surface area (Å²) in [6, 6.07) is 3.43. The van der Waals surface area contributed by atoms with E-state index < -0.39 is 30.8 Å². The van der Waals surface area contributed by atoms with Gasteiger partial charge in [-0.05, 0) is 25.2 Å². The quantitative estimate of drug-likeness (QED) is 0.746. The van der Waals surface area contributed by atoms with Gasteiger partial charge in [-0.1, -0.05) is 15.9 Å². The third-order valence-corrected chi connectivity index (χ3v) is 3.07. The molecule has 1 unspecified atom stereocenters. The van der Waals surface area contributed by atoms with Crippen LogP contribution in [0, 0.1) is 5.82 Å². The number of likely N-dealkylation sites (N-methyl/N-ethyl adjacent to an activating group) is 1. The van der Waals surface area contributed by atoms with Gasteiger partial charge < -0.3 is 10.1 Å². The van der Waals surface area contributed by atoms with Crippen molar-refractivity contribution in [1.29, 1.82) is 0 Å². The van der Waals surface area contributed by atoms with Crippen LogP contribution in [0.25, 0.3) is 0 Å². The van der Waals surface area contributed by atoms with E-state index in [1.54, 1.807) is 0 Å². The Hall–Kier alpha value is -0.730. The number of ether oxygens (including phenoxy) is 1. The van der Waals surface area contributed by atoms with Gasteiger partial charge in [0.25, 0.3) is 0 Å². The summed E-state index contributed by atoms with van der Waals surface area (Å²) in [5.74, 6) is -4.76. The van der Waals surface area contributed by atoms with Crippen LogP contribution in [-0.2, 0) is 4.74 Å². The maximum absolute atomic E-state index is 13.6. The van der Waals surface area contributed by atoms with E-state index >= 15 is 0 Å². The van der Waals surface area contributed by atoms with Crippen molar-refractivity contribution in [2.75, 3.05) is 20.3 Å². The summed E-state index contributed by atoms with van der Waals surface area (Å²) in [6.07, 6.45) is -3.79. The number of halogens is 6. The first-order valence-electron chi connectivity index (χ1n) is 5.64. The Kier molecular flexibility index (Phi) is 6.35. The van der Waals surface area contributed by atoms with Crippen LogP contribution in [0.5, 0.6) is 0 Å². The van der Waals surface area contributed by atoms with Crippen molar-refractivity contribution in [3.8, 4) is 0 Å². The molecule has 2 nitrogen and oxygen atoms in total. The maximum Gasteiger partial charge on any atom is 0.330 e. The van der Waals surface area contributed by atoms with E-state index in [4.69, 9.17) is 0 Å². The highest BCUT2D eigenvalue weighted by atomic mass is 79.9. The van der Waals surface area contributed by atoms with E-state index in [2.05, 4.69) is 26.0 Å². The standard InChI is InChI=1S/C12H13BrF5NO/c1-19-10(5-20-6-12(17,18)11(15)16)8-4-7(13)2-3-9(8)14/h2-4,10-11,19H,5-6H2,1H3. The molecule has 0 fully saturated rings. The van der Waals surface area contributed by atoms with Gasteiger partial charge in [0.2, 0.25) is 0 Å². The summed E-state index contributed by atoms with van der Waals surface area (Å²) in [5, 5.41) is 2.68. The zero-order valence-corrected chi connectivity index (χ0v) is 12.1. The summed E-state index contributed by atoms with van der Waals surface area (Å²) >= 11 is 3.16. The molecule has 0 radical (unpaired) electrons. The molecule has 114 valence electrons. The van der Waals surface area contributed by atoms with E-state index in [0.29, 0.717) is 4.47 Å². The minimum Gasteiger partial charge on any atom is -0.373 e. The van der Waals surface area contributed by atoms with Crippen LogP contribution in [-0.4, -0.2) is 32.6 Å². The maximum atomic E-state index is 13.6. The zero-order chi connectivity index (χ0) is 15.3. The van der Waals surface area contributed by atoms with E-state index in [9.17, 15) is 22.0 Å². The van der Waals surface area contributed by atoms with E-state index in [1.165, 1.54) is 25.2 Å². The fourth-order valence-electron chi connectivity index (χ4n) is 1.49. The van der Waals surface area contributed by atoms with Crippen LogP contribution in [0.1, 0.15) is 11.6 Å². The second kappa shape index (κ2) is 7.33. The topological polar surface area (TPSA) is 21.3 Å². The fourth-order valence-corrected chi connectivity index (χ4v) is 1.86. The fraction of sp³-hybridized carbons (Fsp3) is 0.500. The molecule has 0 heterocycles. The highest BCUT2D eigenvalue weighted by Crippen LogP contribution is 2.25.